The summed E-state index contributed by atoms with van der Waals surface area (Å²) < 4.78 is 29.8. The highest BCUT2D eigenvalue weighted by atomic mass is 35.5. The lowest BCUT2D eigenvalue weighted by Gasteiger charge is -2.56. The highest BCUT2D eigenvalue weighted by Crippen LogP contribution is 2.51. The maximum atomic E-state index is 11.7. The normalized spacial score (nSPS) is 31.6. The van der Waals surface area contributed by atoms with Gasteiger partial charge in [0.1, 0.15) is 15.4 Å². The summed E-state index contributed by atoms with van der Waals surface area (Å²) in [5, 5.41) is 0. The van der Waals surface area contributed by atoms with E-state index in [2.05, 4.69) is 11.0 Å². The van der Waals surface area contributed by atoms with Crippen molar-refractivity contribution < 1.29 is 17.9 Å². The van der Waals surface area contributed by atoms with E-state index < -0.39 is 15.7 Å². The van der Waals surface area contributed by atoms with Gasteiger partial charge in [-0.1, -0.05) is 18.6 Å². The molecule has 3 aliphatic rings. The minimum Gasteiger partial charge on any atom is -0.373 e. The van der Waals surface area contributed by atoms with Crippen molar-refractivity contribution in [1.82, 2.24) is 4.90 Å². The molecule has 168 valence electrons. The fourth-order valence-electron chi connectivity index (χ4n) is 6.00. The number of amides is 1. The largest absolute Gasteiger partial charge is 0.373 e. The third-order valence-corrected chi connectivity index (χ3v) is 9.12. The predicted octanol–water partition coefficient (Wildman–Crippen LogP) is 2.61. The third-order valence-electron chi connectivity index (χ3n) is 7.40. The van der Waals surface area contributed by atoms with Gasteiger partial charge < -0.3 is 15.4 Å². The van der Waals surface area contributed by atoms with Crippen LogP contribution in [0.2, 0.25) is 0 Å². The van der Waals surface area contributed by atoms with Gasteiger partial charge in [0, 0.05) is 44.1 Å². The molecule has 1 aromatic rings. The van der Waals surface area contributed by atoms with E-state index >= 15 is 0 Å². The SMILES string of the molecule is COC1(c2cccc(C(N)=O)c2)C2CCCC1CN(CC1CCS(=O)(=O)CC1)C2.Cl. The zero-order valence-electron chi connectivity index (χ0n) is 17.6. The van der Waals surface area contributed by atoms with Crippen molar-refractivity contribution in [2.24, 2.45) is 23.5 Å². The Morgan fingerprint density at radius 3 is 2.37 bits per heavy atom. The fraction of sp³-hybridized carbons (Fsp3) is 0.682. The Kier molecular flexibility index (Phi) is 7.17. The molecule has 2 heterocycles. The molecule has 2 saturated heterocycles. The summed E-state index contributed by atoms with van der Waals surface area (Å²) in [4.78, 5) is 14.3. The average Bonchev–Trinajstić information content (AvgIpc) is 2.69. The lowest BCUT2D eigenvalue weighted by Crippen LogP contribution is -2.59. The molecule has 1 aliphatic carbocycles. The van der Waals surface area contributed by atoms with Crippen LogP contribution in [0.3, 0.4) is 0 Å². The molecule has 30 heavy (non-hydrogen) atoms. The molecule has 2 aliphatic heterocycles. The molecule has 2 unspecified atom stereocenters. The van der Waals surface area contributed by atoms with Crippen molar-refractivity contribution >= 4 is 28.2 Å². The van der Waals surface area contributed by atoms with E-state index in [-0.39, 0.29) is 18.0 Å². The number of likely N-dealkylation sites (tertiary alicyclic amines) is 1. The van der Waals surface area contributed by atoms with Gasteiger partial charge in [0.05, 0.1) is 11.5 Å². The first-order chi connectivity index (χ1) is 13.8. The molecule has 4 rings (SSSR count). The molecular formula is C22H33ClN2O4S. The maximum Gasteiger partial charge on any atom is 0.248 e. The second-order valence-corrected chi connectivity index (χ2v) is 11.4. The number of primary amides is 1. The number of fused-ring (bicyclic) bond motifs is 2. The second-order valence-electron chi connectivity index (χ2n) is 9.08. The van der Waals surface area contributed by atoms with Crippen LogP contribution in [0.5, 0.6) is 0 Å². The average molecular weight is 457 g/mol. The molecule has 2 N–H and O–H groups in total. The van der Waals surface area contributed by atoms with E-state index in [4.69, 9.17) is 10.5 Å². The number of halogens is 1. The smallest absolute Gasteiger partial charge is 0.248 e. The highest BCUT2D eigenvalue weighted by Gasteiger charge is 2.53. The van der Waals surface area contributed by atoms with Crippen molar-refractivity contribution in [3.05, 3.63) is 35.4 Å². The molecule has 8 heteroatoms. The van der Waals surface area contributed by atoms with Gasteiger partial charge in [0.25, 0.3) is 0 Å². The summed E-state index contributed by atoms with van der Waals surface area (Å²) >= 11 is 0. The minimum atomic E-state index is -2.82. The Hall–Kier alpha value is -1.15. The van der Waals surface area contributed by atoms with Crippen LogP contribution >= 0.6 is 12.4 Å². The zero-order valence-corrected chi connectivity index (χ0v) is 19.2. The number of rotatable bonds is 5. The van der Waals surface area contributed by atoms with E-state index in [0.29, 0.717) is 34.8 Å². The van der Waals surface area contributed by atoms with E-state index in [9.17, 15) is 13.2 Å². The number of sulfone groups is 1. The van der Waals surface area contributed by atoms with Gasteiger partial charge in [-0.05, 0) is 49.3 Å². The van der Waals surface area contributed by atoms with Gasteiger partial charge in [-0.3, -0.25) is 4.79 Å². The third kappa shape index (κ3) is 4.40. The summed E-state index contributed by atoms with van der Waals surface area (Å²) in [6.07, 6.45) is 4.96. The lowest BCUT2D eigenvalue weighted by molar-refractivity contribution is -0.170. The maximum absolute atomic E-state index is 11.7. The fourth-order valence-corrected chi connectivity index (χ4v) is 7.59. The van der Waals surface area contributed by atoms with Crippen molar-refractivity contribution in [1.29, 1.82) is 0 Å². The van der Waals surface area contributed by atoms with Crippen LogP contribution in [-0.2, 0) is 20.2 Å². The Balaban J connectivity index is 0.00000256. The number of carbonyl (C=O) groups is 1. The Bertz CT molecular complexity index is 848. The molecule has 1 aromatic carbocycles. The van der Waals surface area contributed by atoms with Crippen LogP contribution in [-0.4, -0.2) is 57.5 Å². The van der Waals surface area contributed by atoms with Crippen LogP contribution in [0, 0.1) is 17.8 Å². The van der Waals surface area contributed by atoms with Crippen LogP contribution < -0.4 is 5.73 Å². The first kappa shape index (κ1) is 23.5. The molecule has 1 amide bonds. The van der Waals surface area contributed by atoms with Gasteiger partial charge in [0.15, 0.2) is 0 Å². The van der Waals surface area contributed by atoms with Gasteiger partial charge >= 0.3 is 0 Å². The van der Waals surface area contributed by atoms with Gasteiger partial charge in [-0.15, -0.1) is 12.4 Å². The molecule has 3 fully saturated rings. The Morgan fingerprint density at radius 2 is 1.80 bits per heavy atom. The number of piperidine rings is 1. The standard InChI is InChI=1S/C22H32N2O4S.ClH/c1-28-22(18-5-2-4-17(12-18)21(23)25)19-6-3-7-20(22)15-24(14-19)13-16-8-10-29(26,27)11-9-16;/h2,4-5,12,16,19-20H,3,6-11,13-15H2,1H3,(H2,23,25);1H. The number of methoxy groups -OCH3 is 1. The summed E-state index contributed by atoms with van der Waals surface area (Å²) in [5.41, 5.74) is 6.74. The van der Waals surface area contributed by atoms with Crippen molar-refractivity contribution in [2.45, 2.75) is 37.7 Å². The van der Waals surface area contributed by atoms with Gasteiger partial charge in [0.2, 0.25) is 5.91 Å². The van der Waals surface area contributed by atoms with E-state index in [1.807, 2.05) is 12.1 Å². The molecule has 2 bridgehead atoms. The van der Waals surface area contributed by atoms with E-state index in [0.717, 1.165) is 50.9 Å². The number of nitrogens with zero attached hydrogens (tertiary/aromatic N) is 1. The quantitative estimate of drug-likeness (QED) is 0.735. The number of hydrogen-bond acceptors (Lipinski definition) is 5. The van der Waals surface area contributed by atoms with Gasteiger partial charge in [-0.2, -0.15) is 0 Å². The van der Waals surface area contributed by atoms with Gasteiger partial charge in [-0.25, -0.2) is 8.42 Å². The number of benzene rings is 1. The molecule has 1 saturated carbocycles. The van der Waals surface area contributed by atoms with Crippen molar-refractivity contribution in [3.8, 4) is 0 Å². The zero-order chi connectivity index (χ0) is 20.6. The first-order valence-corrected chi connectivity index (χ1v) is 12.5. The highest BCUT2D eigenvalue weighted by molar-refractivity contribution is 7.91. The number of ether oxygens (including phenoxy) is 1. The lowest BCUT2D eigenvalue weighted by atomic mass is 9.62. The molecule has 0 aromatic heterocycles. The molecule has 6 nitrogen and oxygen atoms in total. The van der Waals surface area contributed by atoms with Crippen LogP contribution in [0.25, 0.3) is 0 Å². The first-order valence-electron chi connectivity index (χ1n) is 10.7. The second kappa shape index (κ2) is 9.15. The van der Waals surface area contributed by atoms with Crippen LogP contribution in [0.4, 0.5) is 0 Å². The summed E-state index contributed by atoms with van der Waals surface area (Å²) in [6.45, 7) is 2.88. The summed E-state index contributed by atoms with van der Waals surface area (Å²) in [7, 11) is -1.02. The van der Waals surface area contributed by atoms with Crippen molar-refractivity contribution in [2.75, 3.05) is 38.2 Å². The van der Waals surface area contributed by atoms with Crippen molar-refractivity contribution in [3.63, 3.8) is 0 Å². The Morgan fingerprint density at radius 1 is 1.17 bits per heavy atom. The number of hydrogen-bond donors (Lipinski definition) is 1. The number of carbonyl (C=O) groups excluding carboxylic acids is 1. The topological polar surface area (TPSA) is 89.7 Å². The minimum absolute atomic E-state index is 0. The molecule has 0 radical (unpaired) electrons. The monoisotopic (exact) mass is 456 g/mol. The van der Waals surface area contributed by atoms with E-state index in [1.165, 1.54) is 6.42 Å². The molecule has 0 spiro atoms. The van der Waals surface area contributed by atoms with Crippen LogP contribution in [0.1, 0.15) is 48.0 Å². The number of nitrogens with two attached hydrogens (primary N) is 1. The molecule has 2 atom stereocenters. The molecular weight excluding hydrogens is 424 g/mol. The summed E-state index contributed by atoms with van der Waals surface area (Å²) in [6, 6.07) is 7.65. The van der Waals surface area contributed by atoms with E-state index in [1.54, 1.807) is 13.2 Å². The predicted molar refractivity (Wildman–Crippen MR) is 120 cm³/mol. The van der Waals surface area contributed by atoms with Crippen LogP contribution in [0.15, 0.2) is 24.3 Å². The Labute approximate surface area is 185 Å². The summed E-state index contributed by atoms with van der Waals surface area (Å²) in [5.74, 6) is 1.44.